The molecule has 1 saturated carbocycles. The fourth-order valence-corrected chi connectivity index (χ4v) is 1.59. The third kappa shape index (κ3) is 2.40. The Bertz CT molecular complexity index is 124. The monoisotopic (exact) mass is 163 g/mol. The molecular formula is C8H15F2N. The van der Waals surface area contributed by atoms with E-state index in [4.69, 9.17) is 5.73 Å². The Morgan fingerprint density at radius 2 is 1.82 bits per heavy atom. The Morgan fingerprint density at radius 1 is 1.36 bits per heavy atom. The van der Waals surface area contributed by atoms with Crippen LogP contribution in [0.1, 0.15) is 32.6 Å². The number of rotatable bonds is 1. The van der Waals surface area contributed by atoms with Gasteiger partial charge in [0.05, 0.1) is 0 Å². The molecule has 0 aromatic rings. The van der Waals surface area contributed by atoms with Crippen molar-refractivity contribution in [3.05, 3.63) is 0 Å². The highest BCUT2D eigenvalue weighted by atomic mass is 19.3. The van der Waals surface area contributed by atoms with Gasteiger partial charge >= 0.3 is 0 Å². The van der Waals surface area contributed by atoms with Gasteiger partial charge in [0.25, 0.3) is 0 Å². The van der Waals surface area contributed by atoms with E-state index < -0.39 is 5.92 Å². The summed E-state index contributed by atoms with van der Waals surface area (Å²) in [7, 11) is 0. The summed E-state index contributed by atoms with van der Waals surface area (Å²) >= 11 is 0. The van der Waals surface area contributed by atoms with Crippen molar-refractivity contribution in [2.45, 2.75) is 44.6 Å². The molecule has 2 N–H and O–H groups in total. The molecule has 1 rings (SSSR count). The van der Waals surface area contributed by atoms with E-state index in [2.05, 4.69) is 0 Å². The first-order chi connectivity index (χ1) is 5.01. The van der Waals surface area contributed by atoms with E-state index in [-0.39, 0.29) is 18.9 Å². The van der Waals surface area contributed by atoms with Crippen LogP contribution in [0.2, 0.25) is 0 Å². The Balaban J connectivity index is 2.36. The fourth-order valence-electron chi connectivity index (χ4n) is 1.59. The number of alkyl halides is 2. The molecule has 0 unspecified atom stereocenters. The predicted molar refractivity (Wildman–Crippen MR) is 40.6 cm³/mol. The quantitative estimate of drug-likeness (QED) is 0.629. The predicted octanol–water partition coefficient (Wildman–Crippen LogP) is 2.16. The average molecular weight is 163 g/mol. The lowest BCUT2D eigenvalue weighted by Gasteiger charge is -2.30. The second-order valence-corrected chi connectivity index (χ2v) is 3.55. The van der Waals surface area contributed by atoms with Crippen LogP contribution in [-0.2, 0) is 0 Å². The molecule has 0 heterocycles. The molecule has 0 bridgehead atoms. The van der Waals surface area contributed by atoms with Gasteiger partial charge in [-0.3, -0.25) is 0 Å². The molecule has 0 saturated heterocycles. The lowest BCUT2D eigenvalue weighted by molar-refractivity contribution is -0.0475. The van der Waals surface area contributed by atoms with Gasteiger partial charge in [0, 0.05) is 18.9 Å². The number of halogens is 2. The molecule has 3 heteroatoms. The van der Waals surface area contributed by atoms with Gasteiger partial charge in [0.15, 0.2) is 0 Å². The van der Waals surface area contributed by atoms with Crippen LogP contribution in [0.25, 0.3) is 0 Å². The Kier molecular flexibility index (Phi) is 2.47. The molecule has 1 atom stereocenters. The van der Waals surface area contributed by atoms with Gasteiger partial charge in [0.2, 0.25) is 5.92 Å². The van der Waals surface area contributed by atoms with Crippen molar-refractivity contribution in [3.8, 4) is 0 Å². The summed E-state index contributed by atoms with van der Waals surface area (Å²) in [5.41, 5.74) is 5.61. The zero-order chi connectivity index (χ0) is 8.48. The molecule has 1 fully saturated rings. The standard InChI is InChI=1S/C8H15F2N/c1-6(11)7-2-4-8(9,10)5-3-7/h6-7H,2-5,11H2,1H3/t6-/m1/s1. The smallest absolute Gasteiger partial charge is 0.248 e. The highest BCUT2D eigenvalue weighted by molar-refractivity contribution is 4.81. The maximum atomic E-state index is 12.6. The van der Waals surface area contributed by atoms with E-state index in [0.29, 0.717) is 18.8 Å². The van der Waals surface area contributed by atoms with E-state index in [1.165, 1.54) is 0 Å². The summed E-state index contributed by atoms with van der Waals surface area (Å²) in [4.78, 5) is 0. The summed E-state index contributed by atoms with van der Waals surface area (Å²) < 4.78 is 25.2. The lowest BCUT2D eigenvalue weighted by Crippen LogP contribution is -2.33. The van der Waals surface area contributed by atoms with Crippen molar-refractivity contribution in [1.29, 1.82) is 0 Å². The SMILES string of the molecule is C[C@@H](N)C1CCC(F)(F)CC1. The summed E-state index contributed by atoms with van der Waals surface area (Å²) in [6, 6.07) is 0.0751. The lowest BCUT2D eigenvalue weighted by atomic mass is 9.83. The van der Waals surface area contributed by atoms with Crippen LogP contribution in [0, 0.1) is 5.92 Å². The molecule has 0 aromatic carbocycles. The highest BCUT2D eigenvalue weighted by Gasteiger charge is 2.35. The molecule has 1 nitrogen and oxygen atoms in total. The zero-order valence-electron chi connectivity index (χ0n) is 6.82. The summed E-state index contributed by atoms with van der Waals surface area (Å²) in [6.45, 7) is 1.90. The van der Waals surface area contributed by atoms with Crippen molar-refractivity contribution in [1.82, 2.24) is 0 Å². The first-order valence-electron chi connectivity index (χ1n) is 4.15. The van der Waals surface area contributed by atoms with Gasteiger partial charge in [-0.05, 0) is 25.7 Å². The largest absolute Gasteiger partial charge is 0.328 e. The minimum atomic E-state index is -2.41. The molecule has 0 amide bonds. The van der Waals surface area contributed by atoms with Gasteiger partial charge in [-0.1, -0.05) is 0 Å². The van der Waals surface area contributed by atoms with Crippen LogP contribution in [0.4, 0.5) is 8.78 Å². The Labute approximate surface area is 66.0 Å². The molecule has 11 heavy (non-hydrogen) atoms. The van der Waals surface area contributed by atoms with Gasteiger partial charge in [-0.15, -0.1) is 0 Å². The van der Waals surface area contributed by atoms with Crippen molar-refractivity contribution < 1.29 is 8.78 Å². The maximum absolute atomic E-state index is 12.6. The van der Waals surface area contributed by atoms with Gasteiger partial charge < -0.3 is 5.73 Å². The van der Waals surface area contributed by atoms with Gasteiger partial charge in [0.1, 0.15) is 0 Å². The van der Waals surface area contributed by atoms with E-state index in [1.807, 2.05) is 6.92 Å². The molecule has 1 aliphatic rings. The van der Waals surface area contributed by atoms with Crippen molar-refractivity contribution >= 4 is 0 Å². The van der Waals surface area contributed by atoms with Crippen LogP contribution < -0.4 is 5.73 Å². The van der Waals surface area contributed by atoms with Gasteiger partial charge in [-0.2, -0.15) is 0 Å². The molecule has 66 valence electrons. The second-order valence-electron chi connectivity index (χ2n) is 3.55. The van der Waals surface area contributed by atoms with E-state index >= 15 is 0 Å². The van der Waals surface area contributed by atoms with Crippen molar-refractivity contribution in [3.63, 3.8) is 0 Å². The van der Waals surface area contributed by atoms with E-state index in [0.717, 1.165) is 0 Å². The van der Waals surface area contributed by atoms with E-state index in [9.17, 15) is 8.78 Å². The molecule has 0 aromatic heterocycles. The third-order valence-corrected chi connectivity index (χ3v) is 2.51. The average Bonchev–Trinajstić information content (AvgIpc) is 1.86. The number of hydrogen-bond acceptors (Lipinski definition) is 1. The van der Waals surface area contributed by atoms with Crippen molar-refractivity contribution in [2.75, 3.05) is 0 Å². The zero-order valence-corrected chi connectivity index (χ0v) is 6.82. The van der Waals surface area contributed by atoms with Crippen LogP contribution in [-0.4, -0.2) is 12.0 Å². The molecule has 0 aliphatic heterocycles. The third-order valence-electron chi connectivity index (χ3n) is 2.51. The van der Waals surface area contributed by atoms with Crippen LogP contribution >= 0.6 is 0 Å². The van der Waals surface area contributed by atoms with Gasteiger partial charge in [-0.25, -0.2) is 8.78 Å². The highest BCUT2D eigenvalue weighted by Crippen LogP contribution is 2.36. The minimum absolute atomic E-state index is 0.0270. The molecule has 1 aliphatic carbocycles. The maximum Gasteiger partial charge on any atom is 0.248 e. The first-order valence-corrected chi connectivity index (χ1v) is 4.15. The normalized spacial score (nSPS) is 28.4. The molecule has 0 radical (unpaired) electrons. The number of hydrogen-bond donors (Lipinski definition) is 1. The first kappa shape index (κ1) is 8.91. The summed E-state index contributed by atoms with van der Waals surface area (Å²) in [6.07, 6.45) is 1.23. The number of nitrogens with two attached hydrogens (primary N) is 1. The van der Waals surface area contributed by atoms with Crippen molar-refractivity contribution in [2.24, 2.45) is 11.7 Å². The van der Waals surface area contributed by atoms with Crippen LogP contribution in [0.15, 0.2) is 0 Å². The summed E-state index contributed by atoms with van der Waals surface area (Å²) in [5.74, 6) is -2.10. The Morgan fingerprint density at radius 3 is 2.18 bits per heavy atom. The second kappa shape index (κ2) is 3.05. The fraction of sp³-hybridized carbons (Fsp3) is 1.00. The summed E-state index contributed by atoms with van der Waals surface area (Å²) in [5, 5.41) is 0. The Hall–Kier alpha value is -0.180. The van der Waals surface area contributed by atoms with Crippen LogP contribution in [0.3, 0.4) is 0 Å². The van der Waals surface area contributed by atoms with Crippen LogP contribution in [0.5, 0.6) is 0 Å². The van der Waals surface area contributed by atoms with E-state index in [1.54, 1.807) is 0 Å². The molecular weight excluding hydrogens is 148 g/mol. The topological polar surface area (TPSA) is 26.0 Å². The molecule has 0 spiro atoms. The minimum Gasteiger partial charge on any atom is -0.328 e.